The number of piperidine rings is 3. The maximum absolute atomic E-state index is 14.0. The summed E-state index contributed by atoms with van der Waals surface area (Å²) in [5.74, 6) is -0.626. The molecule has 1 spiro atoms. The highest BCUT2D eigenvalue weighted by atomic mass is 16.4. The number of amides is 5. The maximum atomic E-state index is 14.0. The molecule has 0 unspecified atom stereocenters. The van der Waals surface area contributed by atoms with Crippen molar-refractivity contribution in [2.75, 3.05) is 44.6 Å². The Morgan fingerprint density at radius 2 is 1.69 bits per heavy atom. The van der Waals surface area contributed by atoms with Gasteiger partial charge in [-0.05, 0) is 75.4 Å². The molecule has 1 aromatic heterocycles. The van der Waals surface area contributed by atoms with Gasteiger partial charge in [0, 0.05) is 49.9 Å². The third kappa shape index (κ3) is 6.03. The zero-order chi connectivity index (χ0) is 31.0. The van der Waals surface area contributed by atoms with Crippen LogP contribution in [0.1, 0.15) is 56.1 Å². The van der Waals surface area contributed by atoms with Crippen LogP contribution in [-0.2, 0) is 16.8 Å². The summed E-state index contributed by atoms with van der Waals surface area (Å²) in [5, 5.41) is 9.06. The molecule has 5 heterocycles. The predicted molar refractivity (Wildman–Crippen MR) is 169 cm³/mol. The molecule has 2 aromatic carbocycles. The summed E-state index contributed by atoms with van der Waals surface area (Å²) in [6.07, 6.45) is 7.05. The van der Waals surface area contributed by atoms with Crippen LogP contribution in [0.5, 0.6) is 0 Å². The fourth-order valence-corrected chi connectivity index (χ4v) is 7.68. The number of oxazole rings is 1. The number of rotatable bonds is 5. The summed E-state index contributed by atoms with van der Waals surface area (Å²) < 4.78 is 5.26. The maximum Gasteiger partial charge on any atom is 0.417 e. The largest absolute Gasteiger partial charge is 0.417 e. The van der Waals surface area contributed by atoms with Crippen molar-refractivity contribution >= 4 is 34.8 Å². The van der Waals surface area contributed by atoms with Crippen molar-refractivity contribution < 1.29 is 18.8 Å². The van der Waals surface area contributed by atoms with Gasteiger partial charge in [-0.2, -0.15) is 0 Å². The number of carbonyl (C=O) groups is 3. The van der Waals surface area contributed by atoms with Crippen LogP contribution in [0.15, 0.2) is 51.7 Å². The highest BCUT2D eigenvalue weighted by molar-refractivity contribution is 5.94. The molecular weight excluding hydrogens is 574 g/mol. The normalized spacial score (nSPS) is 21.2. The summed E-state index contributed by atoms with van der Waals surface area (Å²) in [7, 11) is 0. The van der Waals surface area contributed by atoms with Crippen molar-refractivity contribution in [2.45, 2.75) is 69.0 Å². The number of carbonyl (C=O) groups excluding carboxylic acids is 3. The van der Waals surface area contributed by atoms with E-state index in [1.807, 2.05) is 35.2 Å². The number of nitrogens with zero attached hydrogens (tertiary/aromatic N) is 3. The van der Waals surface area contributed by atoms with Crippen LogP contribution in [0.3, 0.4) is 0 Å². The second kappa shape index (κ2) is 12.2. The first-order valence-electron chi connectivity index (χ1n) is 16.3. The first-order chi connectivity index (χ1) is 21.9. The van der Waals surface area contributed by atoms with Crippen LogP contribution in [-0.4, -0.2) is 89.0 Å². The summed E-state index contributed by atoms with van der Waals surface area (Å²) in [6, 6.07) is 12.3. The molecule has 0 radical (unpaired) electrons. The van der Waals surface area contributed by atoms with E-state index < -0.39 is 17.3 Å². The van der Waals surface area contributed by atoms with Crippen molar-refractivity contribution in [1.82, 2.24) is 30.3 Å². The molecule has 238 valence electrons. The number of H-pyrrole nitrogens is 1. The monoisotopic (exact) mass is 615 g/mol. The Hall–Kier alpha value is -4.32. The van der Waals surface area contributed by atoms with Gasteiger partial charge >= 0.3 is 17.8 Å². The number of fused-ring (bicyclic) bond motifs is 3. The first kappa shape index (κ1) is 29.4. The highest BCUT2D eigenvalue weighted by Crippen LogP contribution is 2.39. The van der Waals surface area contributed by atoms with E-state index in [0.717, 1.165) is 42.7 Å². The molecule has 12 nitrogen and oxygen atoms in total. The number of para-hydroxylation sites is 1. The molecule has 0 aliphatic carbocycles. The number of nitrogens with one attached hydrogen (secondary N) is 4. The van der Waals surface area contributed by atoms with Gasteiger partial charge in [0.25, 0.3) is 0 Å². The molecule has 4 aliphatic rings. The SMILES string of the molecule is O=C1Nc2ccccc2C2(CCN(C(=O)N[C@H](Cc3ccc4[nH]c(=O)oc4c3)C(=O)N3CCC(N4CCCCC4)CC3)CC2)N1. The Labute approximate surface area is 261 Å². The van der Waals surface area contributed by atoms with E-state index in [1.165, 1.54) is 19.3 Å². The van der Waals surface area contributed by atoms with Gasteiger partial charge in [-0.1, -0.05) is 30.7 Å². The van der Waals surface area contributed by atoms with E-state index in [4.69, 9.17) is 4.42 Å². The first-order valence-corrected chi connectivity index (χ1v) is 16.3. The van der Waals surface area contributed by atoms with Crippen LogP contribution < -0.4 is 21.7 Å². The number of benzene rings is 2. The molecule has 12 heteroatoms. The minimum atomic E-state index is -0.776. The van der Waals surface area contributed by atoms with Crippen molar-refractivity contribution in [3.8, 4) is 0 Å². The summed E-state index contributed by atoms with van der Waals surface area (Å²) in [5.41, 5.74) is 3.08. The van der Waals surface area contributed by atoms with Gasteiger partial charge in [-0.25, -0.2) is 14.4 Å². The molecular formula is C33H41N7O5. The van der Waals surface area contributed by atoms with E-state index in [2.05, 4.69) is 25.8 Å². The summed E-state index contributed by atoms with van der Waals surface area (Å²) in [4.78, 5) is 60.8. The van der Waals surface area contributed by atoms with Crippen molar-refractivity contribution in [2.24, 2.45) is 0 Å². The van der Waals surface area contributed by atoms with Gasteiger partial charge in [0.05, 0.1) is 11.1 Å². The molecule has 1 atom stereocenters. The molecule has 4 aliphatic heterocycles. The number of aromatic amines is 1. The van der Waals surface area contributed by atoms with E-state index in [0.29, 0.717) is 56.2 Å². The number of anilines is 1. The molecule has 0 saturated carbocycles. The van der Waals surface area contributed by atoms with Crippen molar-refractivity contribution in [3.63, 3.8) is 0 Å². The van der Waals surface area contributed by atoms with Gasteiger partial charge in [0.2, 0.25) is 5.91 Å². The molecule has 5 amide bonds. The lowest BCUT2D eigenvalue weighted by atomic mass is 9.79. The van der Waals surface area contributed by atoms with Gasteiger partial charge in [-0.3, -0.25) is 9.78 Å². The number of aromatic nitrogens is 1. The lowest BCUT2D eigenvalue weighted by Crippen LogP contribution is -2.60. The quantitative estimate of drug-likeness (QED) is 0.347. The summed E-state index contributed by atoms with van der Waals surface area (Å²) in [6.45, 7) is 4.47. The topological polar surface area (TPSA) is 143 Å². The Balaban J connectivity index is 1.05. The molecule has 3 fully saturated rings. The number of urea groups is 2. The Morgan fingerprint density at radius 1 is 0.933 bits per heavy atom. The Kier molecular flexibility index (Phi) is 7.99. The van der Waals surface area contributed by atoms with E-state index in [-0.39, 0.29) is 24.4 Å². The van der Waals surface area contributed by atoms with E-state index in [1.54, 1.807) is 17.0 Å². The number of hydrogen-bond acceptors (Lipinski definition) is 6. The lowest BCUT2D eigenvalue weighted by Gasteiger charge is -2.45. The van der Waals surface area contributed by atoms with Crippen LogP contribution in [0.25, 0.3) is 11.1 Å². The third-order valence-corrected chi connectivity index (χ3v) is 10.2. The van der Waals surface area contributed by atoms with Crippen LogP contribution in [0.2, 0.25) is 0 Å². The average molecular weight is 616 g/mol. The molecule has 3 aromatic rings. The molecule has 7 rings (SSSR count). The third-order valence-electron chi connectivity index (χ3n) is 10.2. The molecule has 45 heavy (non-hydrogen) atoms. The van der Waals surface area contributed by atoms with Crippen LogP contribution in [0, 0.1) is 0 Å². The smallest absolute Gasteiger partial charge is 0.408 e. The summed E-state index contributed by atoms with van der Waals surface area (Å²) >= 11 is 0. The fourth-order valence-electron chi connectivity index (χ4n) is 7.68. The molecule has 4 N–H and O–H groups in total. The Morgan fingerprint density at radius 3 is 2.47 bits per heavy atom. The minimum absolute atomic E-state index is 0.0934. The predicted octanol–water partition coefficient (Wildman–Crippen LogP) is 3.35. The highest BCUT2D eigenvalue weighted by Gasteiger charge is 2.43. The van der Waals surface area contributed by atoms with Crippen molar-refractivity contribution in [3.05, 3.63) is 64.1 Å². The standard InChI is InChI=1S/C33H41N7O5/c41-29(39-16-10-23(11-17-39)38-14-4-1-5-15-38)27(20-22-8-9-26-28(21-22)45-32(44)36-26)35-31(43)40-18-12-33(13-19-40)24-6-2-3-7-25(24)34-30(42)37-33/h2-3,6-9,21,23,27H,1,4-5,10-20H2,(H,35,43)(H,36,44)(H2,34,37,42)/t27-/m1/s1. The van der Waals surface area contributed by atoms with Crippen LogP contribution >= 0.6 is 0 Å². The second-order valence-corrected chi connectivity index (χ2v) is 12.9. The van der Waals surface area contributed by atoms with Crippen LogP contribution in [0.4, 0.5) is 15.3 Å². The van der Waals surface area contributed by atoms with Gasteiger partial charge in [0.1, 0.15) is 6.04 Å². The van der Waals surface area contributed by atoms with Gasteiger partial charge in [-0.15, -0.1) is 0 Å². The van der Waals surface area contributed by atoms with Gasteiger partial charge in [0.15, 0.2) is 5.58 Å². The Bertz CT molecular complexity index is 1630. The molecule has 3 saturated heterocycles. The minimum Gasteiger partial charge on any atom is -0.408 e. The lowest BCUT2D eigenvalue weighted by molar-refractivity contribution is -0.135. The zero-order valence-electron chi connectivity index (χ0n) is 25.5. The van der Waals surface area contributed by atoms with E-state index in [9.17, 15) is 19.2 Å². The van der Waals surface area contributed by atoms with Crippen molar-refractivity contribution in [1.29, 1.82) is 0 Å². The number of likely N-dealkylation sites (tertiary alicyclic amines) is 3. The molecule has 0 bridgehead atoms. The average Bonchev–Trinajstić information content (AvgIpc) is 3.44. The number of hydrogen-bond donors (Lipinski definition) is 4. The van der Waals surface area contributed by atoms with Gasteiger partial charge < -0.3 is 35.1 Å². The second-order valence-electron chi connectivity index (χ2n) is 12.9. The van der Waals surface area contributed by atoms with E-state index >= 15 is 0 Å². The fraction of sp³-hybridized carbons (Fsp3) is 0.515. The zero-order valence-corrected chi connectivity index (χ0v) is 25.5.